The number of hydrogen-bond donors (Lipinski definition) is 1. The molecule has 0 unspecified atom stereocenters. The number of para-hydroxylation sites is 1. The van der Waals surface area contributed by atoms with E-state index in [1.54, 1.807) is 0 Å². The predicted molar refractivity (Wildman–Crippen MR) is 110 cm³/mol. The fraction of sp³-hybridized carbons (Fsp3) is 0.174. The number of carbonyl (C=O) groups excluding carboxylic acids is 1. The molecule has 0 N–H and O–H groups in total. The van der Waals surface area contributed by atoms with E-state index in [1.165, 1.54) is 5.56 Å². The van der Waals surface area contributed by atoms with Crippen LogP contribution in [0.4, 0.5) is 5.69 Å². The summed E-state index contributed by atoms with van der Waals surface area (Å²) < 4.78 is 0. The van der Waals surface area contributed by atoms with E-state index in [9.17, 15) is 4.79 Å². The predicted octanol–water partition coefficient (Wildman–Crippen LogP) is 5.08. The van der Waals surface area contributed by atoms with Crippen molar-refractivity contribution in [1.82, 2.24) is 0 Å². The van der Waals surface area contributed by atoms with Gasteiger partial charge in [0.15, 0.2) is 0 Å². The highest BCUT2D eigenvalue weighted by atomic mass is 32.1. The molecule has 0 bridgehead atoms. The Morgan fingerprint density at radius 3 is 1.88 bits per heavy atom. The highest BCUT2D eigenvalue weighted by Gasteiger charge is 2.69. The van der Waals surface area contributed by atoms with Crippen LogP contribution in [0.1, 0.15) is 23.6 Å². The van der Waals surface area contributed by atoms with Gasteiger partial charge in [-0.25, -0.2) is 0 Å². The van der Waals surface area contributed by atoms with Gasteiger partial charge >= 0.3 is 0 Å². The van der Waals surface area contributed by atoms with Gasteiger partial charge in [0, 0.05) is 5.69 Å². The quantitative estimate of drug-likeness (QED) is 0.511. The molecule has 1 heterocycles. The Morgan fingerprint density at radius 1 is 0.769 bits per heavy atom. The Bertz CT molecular complexity index is 939. The summed E-state index contributed by atoms with van der Waals surface area (Å²) in [5.74, 6) is 0.0606. The van der Waals surface area contributed by atoms with Crippen LogP contribution in [-0.2, 0) is 15.1 Å². The van der Waals surface area contributed by atoms with Crippen LogP contribution in [0.25, 0.3) is 0 Å². The van der Waals surface area contributed by atoms with Crippen molar-refractivity contribution in [3.05, 3.63) is 102 Å². The minimum atomic E-state index is -0.763. The number of amides is 1. The standard InChI is InChI=1S/C23H21NOS/c1-17-13-15-19(16-14-17)23(26)22(2,18-9-5-3-6-10-18)21(25)24(23)20-11-7-4-8-12-20/h3-16,26H,1-2H3/t22-,23-/m1/s1. The molecule has 1 amide bonds. The summed E-state index contributed by atoms with van der Waals surface area (Å²) in [5.41, 5.74) is 3.29. The molecule has 0 spiro atoms. The average molecular weight is 359 g/mol. The lowest BCUT2D eigenvalue weighted by Crippen LogP contribution is -2.75. The third-order valence-corrected chi connectivity index (χ3v) is 6.38. The van der Waals surface area contributed by atoms with Crippen molar-refractivity contribution < 1.29 is 4.79 Å². The van der Waals surface area contributed by atoms with E-state index in [4.69, 9.17) is 12.6 Å². The molecule has 3 aromatic carbocycles. The van der Waals surface area contributed by atoms with Gasteiger partial charge in [0.1, 0.15) is 10.3 Å². The van der Waals surface area contributed by atoms with Crippen LogP contribution >= 0.6 is 12.6 Å². The van der Waals surface area contributed by atoms with Crippen molar-refractivity contribution in [2.45, 2.75) is 24.1 Å². The van der Waals surface area contributed by atoms with Crippen molar-refractivity contribution in [3.63, 3.8) is 0 Å². The molecular weight excluding hydrogens is 338 g/mol. The lowest BCUT2D eigenvalue weighted by molar-refractivity contribution is -0.133. The third kappa shape index (κ3) is 2.17. The molecule has 130 valence electrons. The summed E-state index contributed by atoms with van der Waals surface area (Å²) in [6.07, 6.45) is 0. The van der Waals surface area contributed by atoms with Gasteiger partial charge in [0.2, 0.25) is 5.91 Å². The van der Waals surface area contributed by atoms with Crippen LogP contribution in [0.3, 0.4) is 0 Å². The molecule has 0 radical (unpaired) electrons. The van der Waals surface area contributed by atoms with Gasteiger partial charge in [-0.15, -0.1) is 12.6 Å². The van der Waals surface area contributed by atoms with Crippen molar-refractivity contribution in [2.75, 3.05) is 4.90 Å². The maximum absolute atomic E-state index is 13.4. The first-order chi connectivity index (χ1) is 12.5. The van der Waals surface area contributed by atoms with Gasteiger partial charge in [-0.3, -0.25) is 9.69 Å². The van der Waals surface area contributed by atoms with E-state index >= 15 is 0 Å². The van der Waals surface area contributed by atoms with Gasteiger partial charge in [-0.05, 0) is 37.1 Å². The van der Waals surface area contributed by atoms with Gasteiger partial charge in [-0.2, -0.15) is 0 Å². The highest BCUT2D eigenvalue weighted by Crippen LogP contribution is 2.60. The molecule has 1 saturated heterocycles. The number of anilines is 1. The Hall–Kier alpha value is -2.52. The molecule has 1 aliphatic heterocycles. The SMILES string of the molecule is Cc1ccc([C@]2(S)N(c3ccccc3)C(=O)[C@@]2(C)c2ccccc2)cc1. The molecule has 26 heavy (non-hydrogen) atoms. The van der Waals surface area contributed by atoms with Gasteiger partial charge < -0.3 is 0 Å². The zero-order valence-electron chi connectivity index (χ0n) is 14.9. The van der Waals surface area contributed by atoms with E-state index in [-0.39, 0.29) is 5.91 Å². The summed E-state index contributed by atoms with van der Waals surface area (Å²) in [6, 6.07) is 28.0. The number of thiol groups is 1. The van der Waals surface area contributed by atoms with Crippen molar-refractivity contribution in [2.24, 2.45) is 0 Å². The number of benzene rings is 3. The van der Waals surface area contributed by atoms with Crippen LogP contribution in [0.15, 0.2) is 84.9 Å². The smallest absolute Gasteiger partial charge is 0.242 e. The van der Waals surface area contributed by atoms with Gasteiger partial charge in [0.05, 0.1) is 0 Å². The maximum Gasteiger partial charge on any atom is 0.242 e. The summed E-state index contributed by atoms with van der Waals surface area (Å²) in [7, 11) is 0. The molecule has 3 heteroatoms. The second kappa shape index (κ2) is 6.03. The van der Waals surface area contributed by atoms with Gasteiger partial charge in [0.25, 0.3) is 0 Å². The van der Waals surface area contributed by atoms with Crippen LogP contribution in [-0.4, -0.2) is 5.91 Å². The van der Waals surface area contributed by atoms with E-state index in [0.29, 0.717) is 0 Å². The van der Waals surface area contributed by atoms with E-state index in [2.05, 4.69) is 31.2 Å². The van der Waals surface area contributed by atoms with E-state index in [0.717, 1.165) is 16.8 Å². The van der Waals surface area contributed by atoms with Crippen LogP contribution in [0, 0.1) is 6.92 Å². The van der Waals surface area contributed by atoms with Crippen LogP contribution in [0.5, 0.6) is 0 Å². The minimum Gasteiger partial charge on any atom is -0.291 e. The minimum absolute atomic E-state index is 0.0606. The fourth-order valence-electron chi connectivity index (χ4n) is 3.87. The Labute approximate surface area is 159 Å². The van der Waals surface area contributed by atoms with E-state index < -0.39 is 10.3 Å². The number of aryl methyl sites for hydroxylation is 1. The molecule has 2 nitrogen and oxygen atoms in total. The number of nitrogens with zero attached hydrogens (tertiary/aromatic N) is 1. The summed E-state index contributed by atoms with van der Waals surface area (Å²) >= 11 is 5.16. The lowest BCUT2D eigenvalue weighted by Gasteiger charge is -2.61. The highest BCUT2D eigenvalue weighted by molar-refractivity contribution is 7.81. The third-order valence-electron chi connectivity index (χ3n) is 5.47. The molecule has 0 aliphatic carbocycles. The Kier molecular flexibility index (Phi) is 3.92. The number of hydrogen-bond acceptors (Lipinski definition) is 2. The molecular formula is C23H21NOS. The maximum atomic E-state index is 13.4. The number of rotatable bonds is 3. The second-order valence-corrected chi connectivity index (χ2v) is 7.65. The lowest BCUT2D eigenvalue weighted by atomic mass is 9.64. The van der Waals surface area contributed by atoms with Gasteiger partial charge in [-0.1, -0.05) is 78.4 Å². The monoisotopic (exact) mass is 359 g/mol. The summed E-state index contributed by atoms with van der Waals surface area (Å²) in [4.78, 5) is 14.5. The average Bonchev–Trinajstić information content (AvgIpc) is 2.69. The largest absolute Gasteiger partial charge is 0.291 e. The molecule has 2 atom stereocenters. The molecule has 0 aromatic heterocycles. The summed E-state index contributed by atoms with van der Waals surface area (Å²) in [5, 5.41) is 0. The topological polar surface area (TPSA) is 20.3 Å². The Balaban J connectivity index is 1.93. The van der Waals surface area contributed by atoms with Crippen molar-refractivity contribution in [1.29, 1.82) is 0 Å². The van der Waals surface area contributed by atoms with Crippen molar-refractivity contribution in [3.8, 4) is 0 Å². The molecule has 3 aromatic rings. The first kappa shape index (κ1) is 16.9. The molecule has 0 saturated carbocycles. The second-order valence-electron chi connectivity index (χ2n) is 7.01. The van der Waals surface area contributed by atoms with E-state index in [1.807, 2.05) is 72.5 Å². The van der Waals surface area contributed by atoms with Crippen LogP contribution < -0.4 is 4.90 Å². The Morgan fingerprint density at radius 2 is 1.31 bits per heavy atom. The number of carbonyl (C=O) groups is 1. The molecule has 1 fully saturated rings. The number of β-lactam (4-membered cyclic amide) rings is 1. The fourth-order valence-corrected chi connectivity index (χ4v) is 4.45. The first-order valence-electron chi connectivity index (χ1n) is 8.74. The molecule has 1 aliphatic rings. The zero-order valence-corrected chi connectivity index (χ0v) is 15.8. The normalized spacial score (nSPS) is 25.0. The first-order valence-corrected chi connectivity index (χ1v) is 9.19. The van der Waals surface area contributed by atoms with Crippen LogP contribution in [0.2, 0.25) is 0 Å². The summed E-state index contributed by atoms with van der Waals surface area (Å²) in [6.45, 7) is 4.06. The van der Waals surface area contributed by atoms with Crippen molar-refractivity contribution >= 4 is 24.2 Å². The zero-order chi connectivity index (χ0) is 18.4. The molecule has 4 rings (SSSR count).